The average molecular weight is 348 g/mol. The van der Waals surface area contributed by atoms with Crippen LogP contribution in [0.4, 0.5) is 0 Å². The van der Waals surface area contributed by atoms with Gasteiger partial charge in [0.05, 0.1) is 13.2 Å². The molecule has 1 aromatic heterocycles. The third kappa shape index (κ3) is 3.80. The number of allylic oxidation sites excluding steroid dienone is 1. The fourth-order valence-electron chi connectivity index (χ4n) is 2.89. The molecule has 25 heavy (non-hydrogen) atoms. The number of nitrogens with two attached hydrogens (primary N) is 1. The van der Waals surface area contributed by atoms with E-state index in [0.717, 1.165) is 5.56 Å². The lowest BCUT2D eigenvalue weighted by atomic mass is 10.1. The van der Waals surface area contributed by atoms with Gasteiger partial charge < -0.3 is 24.7 Å². The van der Waals surface area contributed by atoms with Crippen LogP contribution in [0.1, 0.15) is 23.0 Å². The largest absolute Gasteiger partial charge is 0.454 e. The Hall–Kier alpha value is -2.45. The van der Waals surface area contributed by atoms with Crippen LogP contribution in [0.15, 0.2) is 30.1 Å². The van der Waals surface area contributed by atoms with E-state index >= 15 is 0 Å². The summed E-state index contributed by atoms with van der Waals surface area (Å²) in [5.74, 6) is -1.08. The first-order valence-corrected chi connectivity index (χ1v) is 7.96. The predicted octanol–water partition coefficient (Wildman–Crippen LogP) is 0.487. The molecule has 134 valence electrons. The number of nitrogens with zero attached hydrogens (tertiary/aromatic N) is 1. The Morgan fingerprint density at radius 2 is 1.88 bits per heavy atom. The first-order chi connectivity index (χ1) is 12.0. The quantitative estimate of drug-likeness (QED) is 0.618. The van der Waals surface area contributed by atoms with Crippen molar-refractivity contribution in [2.24, 2.45) is 5.73 Å². The third-order valence-electron chi connectivity index (χ3n) is 4.04. The second kappa shape index (κ2) is 7.20. The maximum absolute atomic E-state index is 12.3. The zero-order valence-electron chi connectivity index (χ0n) is 14.0. The lowest BCUT2D eigenvalue weighted by Crippen LogP contribution is -2.36. The summed E-state index contributed by atoms with van der Waals surface area (Å²) >= 11 is 0. The van der Waals surface area contributed by atoms with Crippen LogP contribution in [0.3, 0.4) is 0 Å². The maximum Gasteiger partial charge on any atom is 0.357 e. The van der Waals surface area contributed by atoms with Crippen molar-refractivity contribution in [3.05, 3.63) is 41.4 Å². The van der Waals surface area contributed by atoms with Crippen LogP contribution in [-0.4, -0.2) is 54.6 Å². The monoisotopic (exact) mass is 348 g/mol. The standard InChI is InChI=1S/C17H20N2O6/c1-9-4-3-5-19-14(9)17(21)25-12-8-23-15-11(7-22-16(12)15)24-13(20)6-10(2)18/h3-6,11-12,15-16H,7-8,18H2,1-2H3/b10-6-/t11-,12+,15+,16+/m0/s1. The second-order valence-electron chi connectivity index (χ2n) is 6.07. The van der Waals surface area contributed by atoms with Crippen LogP contribution >= 0.6 is 0 Å². The zero-order chi connectivity index (χ0) is 18.0. The van der Waals surface area contributed by atoms with Gasteiger partial charge in [-0.15, -0.1) is 0 Å². The number of rotatable bonds is 4. The van der Waals surface area contributed by atoms with Gasteiger partial charge in [-0.25, -0.2) is 14.6 Å². The normalized spacial score (nSPS) is 28.5. The van der Waals surface area contributed by atoms with E-state index in [9.17, 15) is 9.59 Å². The van der Waals surface area contributed by atoms with Gasteiger partial charge in [0.1, 0.15) is 12.2 Å². The minimum atomic E-state index is -0.575. The molecule has 3 rings (SSSR count). The van der Waals surface area contributed by atoms with E-state index in [1.165, 1.54) is 12.3 Å². The van der Waals surface area contributed by atoms with Crippen molar-refractivity contribution < 1.29 is 28.5 Å². The number of carbonyl (C=O) groups excluding carboxylic acids is 2. The Kier molecular flexibility index (Phi) is 5.00. The molecule has 2 saturated heterocycles. The van der Waals surface area contributed by atoms with E-state index in [1.807, 2.05) is 0 Å². The van der Waals surface area contributed by atoms with Crippen molar-refractivity contribution in [2.75, 3.05) is 13.2 Å². The molecule has 8 nitrogen and oxygen atoms in total. The Labute approximate surface area is 144 Å². The molecule has 8 heteroatoms. The van der Waals surface area contributed by atoms with Gasteiger partial charge in [-0.05, 0) is 25.5 Å². The van der Waals surface area contributed by atoms with Gasteiger partial charge in [0, 0.05) is 18.0 Å². The summed E-state index contributed by atoms with van der Waals surface area (Å²) in [5, 5.41) is 0. The van der Waals surface area contributed by atoms with Gasteiger partial charge in [0.2, 0.25) is 0 Å². The molecular formula is C17H20N2O6. The molecule has 0 aromatic carbocycles. The molecule has 0 bridgehead atoms. The molecular weight excluding hydrogens is 328 g/mol. The van der Waals surface area contributed by atoms with Crippen LogP contribution in [0.5, 0.6) is 0 Å². The van der Waals surface area contributed by atoms with Gasteiger partial charge in [-0.1, -0.05) is 6.07 Å². The highest BCUT2D eigenvalue weighted by atomic mass is 16.7. The number of ether oxygens (including phenoxy) is 4. The lowest BCUT2D eigenvalue weighted by molar-refractivity contribution is -0.147. The van der Waals surface area contributed by atoms with Gasteiger partial charge in [-0.2, -0.15) is 0 Å². The molecule has 2 aliphatic heterocycles. The van der Waals surface area contributed by atoms with Crippen molar-refractivity contribution >= 4 is 11.9 Å². The Bertz CT molecular complexity index is 700. The summed E-state index contributed by atoms with van der Waals surface area (Å²) in [6.45, 7) is 3.73. The lowest BCUT2D eigenvalue weighted by Gasteiger charge is -2.17. The Morgan fingerprint density at radius 1 is 1.24 bits per heavy atom. The Balaban J connectivity index is 1.61. The summed E-state index contributed by atoms with van der Waals surface area (Å²) in [6.07, 6.45) is 0.643. The summed E-state index contributed by atoms with van der Waals surface area (Å²) in [4.78, 5) is 28.0. The molecule has 0 radical (unpaired) electrons. The van der Waals surface area contributed by atoms with Crippen LogP contribution < -0.4 is 5.73 Å². The van der Waals surface area contributed by atoms with Crippen molar-refractivity contribution in [3.8, 4) is 0 Å². The van der Waals surface area contributed by atoms with E-state index < -0.39 is 36.4 Å². The first kappa shape index (κ1) is 17.4. The van der Waals surface area contributed by atoms with Crippen molar-refractivity contribution in [3.63, 3.8) is 0 Å². The molecule has 0 spiro atoms. The summed E-state index contributed by atoms with van der Waals surface area (Å²) in [7, 11) is 0. The van der Waals surface area contributed by atoms with E-state index in [2.05, 4.69) is 4.98 Å². The molecule has 1 aromatic rings. The van der Waals surface area contributed by atoms with Crippen LogP contribution in [0.25, 0.3) is 0 Å². The van der Waals surface area contributed by atoms with Crippen LogP contribution in [-0.2, 0) is 23.7 Å². The highest BCUT2D eigenvalue weighted by Crippen LogP contribution is 2.31. The number of pyridine rings is 1. The predicted molar refractivity (Wildman–Crippen MR) is 85.5 cm³/mol. The molecule has 0 unspecified atom stereocenters. The molecule has 2 fully saturated rings. The number of aromatic nitrogens is 1. The van der Waals surface area contributed by atoms with E-state index in [4.69, 9.17) is 24.7 Å². The van der Waals surface area contributed by atoms with Gasteiger partial charge >= 0.3 is 11.9 Å². The molecule has 0 amide bonds. The summed E-state index contributed by atoms with van der Waals surface area (Å²) < 4.78 is 22.0. The molecule has 2 N–H and O–H groups in total. The van der Waals surface area contributed by atoms with Crippen molar-refractivity contribution in [1.29, 1.82) is 0 Å². The molecule has 0 aliphatic carbocycles. The van der Waals surface area contributed by atoms with Gasteiger partial charge in [0.15, 0.2) is 17.9 Å². The number of carbonyl (C=O) groups is 2. The average Bonchev–Trinajstić information content (AvgIpc) is 3.11. The Morgan fingerprint density at radius 3 is 2.48 bits per heavy atom. The van der Waals surface area contributed by atoms with Crippen molar-refractivity contribution in [2.45, 2.75) is 38.3 Å². The SMILES string of the molecule is C/C(N)=C/C(=O)O[C@H]1CO[C@H]2[C@@H]1OC[C@H]2OC(=O)c1ncccc1C. The fraction of sp³-hybridized carbons (Fsp3) is 0.471. The van der Waals surface area contributed by atoms with E-state index in [0.29, 0.717) is 5.70 Å². The molecule has 4 atom stereocenters. The minimum Gasteiger partial charge on any atom is -0.454 e. The number of esters is 2. The van der Waals surface area contributed by atoms with Crippen LogP contribution in [0, 0.1) is 6.92 Å². The molecule has 0 saturated carbocycles. The highest BCUT2D eigenvalue weighted by Gasteiger charge is 2.51. The number of fused-ring (bicyclic) bond motifs is 1. The fourth-order valence-corrected chi connectivity index (χ4v) is 2.89. The maximum atomic E-state index is 12.3. The highest BCUT2D eigenvalue weighted by molar-refractivity contribution is 5.88. The second-order valence-corrected chi connectivity index (χ2v) is 6.07. The number of hydrogen-bond donors (Lipinski definition) is 1. The summed E-state index contributed by atoms with van der Waals surface area (Å²) in [5.41, 5.74) is 6.79. The topological polar surface area (TPSA) is 110 Å². The smallest absolute Gasteiger partial charge is 0.357 e. The molecule has 3 heterocycles. The number of aryl methyl sites for hydroxylation is 1. The van der Waals surface area contributed by atoms with Gasteiger partial charge in [0.25, 0.3) is 0 Å². The van der Waals surface area contributed by atoms with E-state index in [-0.39, 0.29) is 18.9 Å². The molecule has 2 aliphatic rings. The number of hydrogen-bond acceptors (Lipinski definition) is 8. The first-order valence-electron chi connectivity index (χ1n) is 7.96. The van der Waals surface area contributed by atoms with E-state index in [1.54, 1.807) is 26.0 Å². The third-order valence-corrected chi connectivity index (χ3v) is 4.04. The van der Waals surface area contributed by atoms with Crippen molar-refractivity contribution in [1.82, 2.24) is 4.98 Å². The minimum absolute atomic E-state index is 0.173. The van der Waals surface area contributed by atoms with Gasteiger partial charge in [-0.3, -0.25) is 0 Å². The summed E-state index contributed by atoms with van der Waals surface area (Å²) in [6, 6.07) is 3.53. The van der Waals surface area contributed by atoms with Crippen LogP contribution in [0.2, 0.25) is 0 Å². The zero-order valence-corrected chi connectivity index (χ0v) is 14.0.